The van der Waals surface area contributed by atoms with Crippen molar-refractivity contribution in [1.29, 1.82) is 0 Å². The number of methoxy groups -OCH3 is 1. The minimum atomic E-state index is -0.0931. The summed E-state index contributed by atoms with van der Waals surface area (Å²) < 4.78 is 7.69. The number of hydrogen-bond acceptors (Lipinski definition) is 4. The molecule has 1 N–H and O–H groups in total. The molecule has 4 nitrogen and oxygen atoms in total. The molecule has 2 aliphatic rings. The minimum absolute atomic E-state index is 0.0931. The van der Waals surface area contributed by atoms with E-state index < -0.39 is 0 Å². The van der Waals surface area contributed by atoms with Gasteiger partial charge >= 0.3 is 0 Å². The van der Waals surface area contributed by atoms with E-state index in [1.807, 2.05) is 24.9 Å². The highest BCUT2D eigenvalue weighted by Gasteiger charge is 2.30. The topological polar surface area (TPSA) is 39.1 Å². The smallest absolute Gasteiger partial charge is 0.129 e. The average molecular weight is 406 g/mol. The van der Waals surface area contributed by atoms with Gasteiger partial charge in [0.25, 0.3) is 0 Å². The lowest BCUT2D eigenvalue weighted by Gasteiger charge is -2.23. The molecule has 2 aromatic rings. The maximum Gasteiger partial charge on any atom is 0.129 e. The van der Waals surface area contributed by atoms with Gasteiger partial charge in [-0.05, 0) is 64.2 Å². The fourth-order valence-corrected chi connectivity index (χ4v) is 5.58. The van der Waals surface area contributed by atoms with Crippen LogP contribution in [0.25, 0.3) is 0 Å². The quantitative estimate of drug-likeness (QED) is 0.680. The van der Waals surface area contributed by atoms with Crippen LogP contribution in [0.1, 0.15) is 57.2 Å². The van der Waals surface area contributed by atoms with Gasteiger partial charge < -0.3 is 10.1 Å². The lowest BCUT2D eigenvalue weighted by atomic mass is 10.0. The molecule has 6 heteroatoms. The number of fused-ring (bicyclic) bond motifs is 1. The van der Waals surface area contributed by atoms with E-state index in [1.54, 1.807) is 0 Å². The summed E-state index contributed by atoms with van der Waals surface area (Å²) in [5.74, 6) is 2.63. The van der Waals surface area contributed by atoms with Gasteiger partial charge in [0.2, 0.25) is 0 Å². The van der Waals surface area contributed by atoms with Gasteiger partial charge in [-0.25, -0.2) is 4.68 Å². The number of ether oxygens (including phenoxy) is 1. The Balaban J connectivity index is 1.67. The van der Waals surface area contributed by atoms with E-state index in [-0.39, 0.29) is 5.54 Å². The second-order valence-corrected chi connectivity index (χ2v) is 10.0. The summed E-state index contributed by atoms with van der Waals surface area (Å²) in [6.45, 7) is 6.59. The SMILES string of the molecule is COC1CCC(c2cc(Nc3ccc(Cl)c4c3CCS4)n(C(C)(C)C)n2)C1. The van der Waals surface area contributed by atoms with Gasteiger partial charge in [-0.1, -0.05) is 11.6 Å². The third-order valence-corrected chi connectivity index (χ3v) is 7.16. The average Bonchev–Trinajstić information content (AvgIpc) is 3.35. The predicted molar refractivity (Wildman–Crippen MR) is 114 cm³/mol. The van der Waals surface area contributed by atoms with Crippen molar-refractivity contribution in [1.82, 2.24) is 9.78 Å². The fourth-order valence-electron chi connectivity index (χ4n) is 4.14. The van der Waals surface area contributed by atoms with Crippen LogP contribution in [0.2, 0.25) is 5.02 Å². The number of rotatable bonds is 4. The normalized spacial score (nSPS) is 22.3. The van der Waals surface area contributed by atoms with E-state index in [1.165, 1.54) is 16.2 Å². The van der Waals surface area contributed by atoms with E-state index in [0.717, 1.165) is 48.0 Å². The summed E-state index contributed by atoms with van der Waals surface area (Å²) in [5, 5.41) is 9.54. The lowest BCUT2D eigenvalue weighted by Crippen LogP contribution is -2.25. The molecule has 4 rings (SSSR count). The maximum absolute atomic E-state index is 6.39. The van der Waals surface area contributed by atoms with Crippen LogP contribution >= 0.6 is 23.4 Å². The molecule has 27 heavy (non-hydrogen) atoms. The second kappa shape index (κ2) is 7.34. The molecule has 146 valence electrons. The predicted octanol–water partition coefficient (Wildman–Crippen LogP) is 5.97. The lowest BCUT2D eigenvalue weighted by molar-refractivity contribution is 0.108. The standard InChI is InChI=1S/C21H28ClN3OS/c1-21(2,3)25-19(12-18(24-25)13-5-6-14(11-13)26-4)23-17-8-7-16(22)20-15(17)9-10-27-20/h7-8,12-14,23H,5-6,9-11H2,1-4H3. The molecular weight excluding hydrogens is 378 g/mol. The highest BCUT2D eigenvalue weighted by atomic mass is 35.5. The molecule has 1 aliphatic carbocycles. The Kier molecular flexibility index (Phi) is 5.21. The summed E-state index contributed by atoms with van der Waals surface area (Å²) in [6, 6.07) is 6.33. The molecular formula is C21H28ClN3OS. The van der Waals surface area contributed by atoms with E-state index in [0.29, 0.717) is 12.0 Å². The summed E-state index contributed by atoms with van der Waals surface area (Å²) >= 11 is 8.24. The van der Waals surface area contributed by atoms with Crippen molar-refractivity contribution in [2.24, 2.45) is 0 Å². The van der Waals surface area contributed by atoms with Crippen molar-refractivity contribution >= 4 is 34.9 Å². The van der Waals surface area contributed by atoms with Crippen LogP contribution in [0.4, 0.5) is 11.5 Å². The van der Waals surface area contributed by atoms with Crippen molar-refractivity contribution in [3.8, 4) is 0 Å². The Morgan fingerprint density at radius 2 is 2.11 bits per heavy atom. The number of halogens is 1. The van der Waals surface area contributed by atoms with Gasteiger partial charge in [0, 0.05) is 35.4 Å². The van der Waals surface area contributed by atoms with Gasteiger partial charge in [-0.3, -0.25) is 0 Å². The van der Waals surface area contributed by atoms with Crippen LogP contribution in [-0.4, -0.2) is 28.7 Å². The van der Waals surface area contributed by atoms with Crippen LogP contribution in [0.3, 0.4) is 0 Å². The van der Waals surface area contributed by atoms with Crippen molar-refractivity contribution in [3.63, 3.8) is 0 Å². The van der Waals surface area contributed by atoms with Gasteiger partial charge in [0.15, 0.2) is 0 Å². The summed E-state index contributed by atoms with van der Waals surface area (Å²) in [5.41, 5.74) is 3.56. The summed E-state index contributed by atoms with van der Waals surface area (Å²) in [7, 11) is 1.81. The van der Waals surface area contributed by atoms with E-state index >= 15 is 0 Å². The Hall–Kier alpha value is -1.17. The van der Waals surface area contributed by atoms with Gasteiger partial charge in [0.1, 0.15) is 5.82 Å². The third-order valence-electron chi connectivity index (χ3n) is 5.57. The van der Waals surface area contributed by atoms with Crippen LogP contribution in [0.5, 0.6) is 0 Å². The Morgan fingerprint density at radius 1 is 1.30 bits per heavy atom. The van der Waals surface area contributed by atoms with Crippen LogP contribution < -0.4 is 5.32 Å². The number of aromatic nitrogens is 2. The summed E-state index contributed by atoms with van der Waals surface area (Å²) in [4.78, 5) is 1.22. The first-order valence-corrected chi connectivity index (χ1v) is 11.1. The highest BCUT2D eigenvalue weighted by molar-refractivity contribution is 7.99. The van der Waals surface area contributed by atoms with Gasteiger partial charge in [0.05, 0.1) is 22.4 Å². The van der Waals surface area contributed by atoms with Crippen molar-refractivity contribution in [2.45, 2.75) is 68.9 Å². The van der Waals surface area contributed by atoms with E-state index in [4.69, 9.17) is 21.4 Å². The summed E-state index contributed by atoms with van der Waals surface area (Å²) in [6.07, 6.45) is 4.74. The molecule has 0 amide bonds. The van der Waals surface area contributed by atoms with Crippen molar-refractivity contribution in [2.75, 3.05) is 18.2 Å². The van der Waals surface area contributed by atoms with Gasteiger partial charge in [-0.2, -0.15) is 5.10 Å². The number of benzene rings is 1. The first-order valence-electron chi connectivity index (χ1n) is 9.71. The molecule has 1 aromatic carbocycles. The number of nitrogens with one attached hydrogen (secondary N) is 1. The zero-order valence-electron chi connectivity index (χ0n) is 16.5. The minimum Gasteiger partial charge on any atom is -0.381 e. The molecule has 2 unspecified atom stereocenters. The number of thioether (sulfide) groups is 1. The van der Waals surface area contributed by atoms with E-state index in [9.17, 15) is 0 Å². The molecule has 2 atom stereocenters. The molecule has 1 aliphatic heterocycles. The third kappa shape index (κ3) is 3.74. The molecule has 2 heterocycles. The number of hydrogen-bond donors (Lipinski definition) is 1. The molecule has 1 fully saturated rings. The van der Waals surface area contributed by atoms with Crippen molar-refractivity contribution in [3.05, 3.63) is 34.5 Å². The Bertz CT molecular complexity index is 843. The first kappa shape index (κ1) is 19.2. The number of anilines is 2. The van der Waals surface area contributed by atoms with Crippen LogP contribution in [-0.2, 0) is 16.7 Å². The molecule has 0 spiro atoms. The highest BCUT2D eigenvalue weighted by Crippen LogP contribution is 2.43. The Morgan fingerprint density at radius 3 is 2.81 bits per heavy atom. The molecule has 1 aromatic heterocycles. The fraction of sp³-hybridized carbons (Fsp3) is 0.571. The molecule has 0 saturated heterocycles. The monoisotopic (exact) mass is 405 g/mol. The second-order valence-electron chi connectivity index (χ2n) is 8.53. The molecule has 0 radical (unpaired) electrons. The zero-order chi connectivity index (χ0) is 19.2. The van der Waals surface area contributed by atoms with Gasteiger partial charge in [-0.15, -0.1) is 11.8 Å². The maximum atomic E-state index is 6.39. The first-order chi connectivity index (χ1) is 12.9. The van der Waals surface area contributed by atoms with Crippen molar-refractivity contribution < 1.29 is 4.74 Å². The number of nitrogens with zero attached hydrogens (tertiary/aromatic N) is 2. The largest absolute Gasteiger partial charge is 0.381 e. The van der Waals surface area contributed by atoms with Crippen LogP contribution in [0.15, 0.2) is 23.1 Å². The molecule has 1 saturated carbocycles. The Labute approximate surface area is 171 Å². The molecule has 0 bridgehead atoms. The van der Waals surface area contributed by atoms with Crippen LogP contribution in [0, 0.1) is 0 Å². The zero-order valence-corrected chi connectivity index (χ0v) is 18.1. The van der Waals surface area contributed by atoms with E-state index in [2.05, 4.69) is 42.9 Å².